The lowest BCUT2D eigenvalue weighted by atomic mass is 10.1. The summed E-state index contributed by atoms with van der Waals surface area (Å²) in [6.45, 7) is 5.28. The van der Waals surface area contributed by atoms with E-state index >= 15 is 0 Å². The molecule has 0 aliphatic carbocycles. The van der Waals surface area contributed by atoms with Crippen molar-refractivity contribution in [3.05, 3.63) is 17.5 Å². The van der Waals surface area contributed by atoms with Gasteiger partial charge in [-0.1, -0.05) is 12.2 Å². The third-order valence-electron chi connectivity index (χ3n) is 2.12. The number of rotatable bonds is 3. The van der Waals surface area contributed by atoms with Crippen molar-refractivity contribution in [2.75, 3.05) is 0 Å². The second-order valence-electron chi connectivity index (χ2n) is 3.85. The Morgan fingerprint density at radius 3 is 2.67 bits per heavy atom. The normalized spacial score (nSPS) is 11.1. The van der Waals surface area contributed by atoms with Gasteiger partial charge in [-0.25, -0.2) is 0 Å². The molecule has 4 N–H and O–H groups in total. The summed E-state index contributed by atoms with van der Waals surface area (Å²) in [5, 5.41) is 9.19. The predicted molar refractivity (Wildman–Crippen MR) is 61.7 cm³/mol. The van der Waals surface area contributed by atoms with Crippen LogP contribution in [-0.2, 0) is 0 Å². The number of hydrogen-bond acceptors (Lipinski definition) is 3. The first kappa shape index (κ1) is 11.6. The maximum atomic E-state index is 11.8. The Kier molecular flexibility index (Phi) is 3.09. The van der Waals surface area contributed by atoms with E-state index in [1.165, 1.54) is 6.20 Å². The number of aryl methyl sites for hydroxylation is 1. The third-order valence-corrected chi connectivity index (χ3v) is 2.63. The van der Waals surface area contributed by atoms with Crippen LogP contribution in [0.4, 0.5) is 0 Å². The molecule has 0 saturated heterocycles. The first-order valence-electron chi connectivity index (χ1n) is 4.47. The molecule has 0 unspecified atom stereocenters. The molecule has 15 heavy (non-hydrogen) atoms. The molecule has 0 aromatic carbocycles. The zero-order valence-electron chi connectivity index (χ0n) is 8.92. The van der Waals surface area contributed by atoms with Crippen molar-refractivity contribution in [1.29, 1.82) is 0 Å². The highest BCUT2D eigenvalue weighted by Crippen LogP contribution is 2.07. The monoisotopic (exact) mass is 226 g/mol. The number of aromatic amines is 1. The molecule has 0 atom stereocenters. The summed E-state index contributed by atoms with van der Waals surface area (Å²) in [5.41, 5.74) is 6.02. The van der Waals surface area contributed by atoms with Crippen LogP contribution in [0.3, 0.4) is 0 Å². The molecular formula is C9H14N4OS. The van der Waals surface area contributed by atoms with E-state index in [0.29, 0.717) is 11.3 Å². The molecule has 1 heterocycles. The van der Waals surface area contributed by atoms with E-state index in [-0.39, 0.29) is 10.9 Å². The van der Waals surface area contributed by atoms with Crippen LogP contribution in [0.25, 0.3) is 0 Å². The average molecular weight is 226 g/mol. The van der Waals surface area contributed by atoms with Crippen molar-refractivity contribution in [2.45, 2.75) is 26.3 Å². The number of aromatic nitrogens is 2. The van der Waals surface area contributed by atoms with Crippen LogP contribution in [-0.4, -0.2) is 26.6 Å². The molecule has 1 aromatic heterocycles. The number of nitrogens with two attached hydrogens (primary N) is 1. The van der Waals surface area contributed by atoms with Gasteiger partial charge in [-0.15, -0.1) is 0 Å². The number of H-pyrrole nitrogens is 1. The van der Waals surface area contributed by atoms with E-state index in [1.54, 1.807) is 20.8 Å². The quantitative estimate of drug-likeness (QED) is 0.656. The van der Waals surface area contributed by atoms with Crippen LogP contribution in [0, 0.1) is 6.92 Å². The van der Waals surface area contributed by atoms with Gasteiger partial charge in [0.05, 0.1) is 22.3 Å². The summed E-state index contributed by atoms with van der Waals surface area (Å²) in [5.74, 6) is -0.237. The zero-order valence-corrected chi connectivity index (χ0v) is 9.73. The van der Waals surface area contributed by atoms with Crippen molar-refractivity contribution in [1.82, 2.24) is 15.5 Å². The molecule has 0 saturated carbocycles. The second-order valence-corrected chi connectivity index (χ2v) is 4.29. The number of nitrogens with one attached hydrogen (secondary N) is 2. The van der Waals surface area contributed by atoms with Crippen LogP contribution in [0.2, 0.25) is 0 Å². The zero-order chi connectivity index (χ0) is 11.6. The lowest BCUT2D eigenvalue weighted by molar-refractivity contribution is 0.0931. The Morgan fingerprint density at radius 2 is 2.27 bits per heavy atom. The first-order valence-corrected chi connectivity index (χ1v) is 4.88. The number of carbonyl (C=O) groups is 1. The van der Waals surface area contributed by atoms with E-state index in [9.17, 15) is 4.79 Å². The van der Waals surface area contributed by atoms with Gasteiger partial charge >= 0.3 is 0 Å². The van der Waals surface area contributed by atoms with Crippen molar-refractivity contribution in [3.8, 4) is 0 Å². The van der Waals surface area contributed by atoms with Crippen LogP contribution in [0.5, 0.6) is 0 Å². The van der Waals surface area contributed by atoms with Crippen LogP contribution in [0.15, 0.2) is 6.20 Å². The molecular weight excluding hydrogens is 212 g/mol. The predicted octanol–water partition coefficient (Wildman–Crippen LogP) is 0.513. The van der Waals surface area contributed by atoms with E-state index in [1.807, 2.05) is 0 Å². The molecule has 5 nitrogen and oxygen atoms in total. The topological polar surface area (TPSA) is 83.8 Å². The lowest BCUT2D eigenvalue weighted by Gasteiger charge is -2.24. The Labute approximate surface area is 93.4 Å². The summed E-state index contributed by atoms with van der Waals surface area (Å²) >= 11 is 4.85. The van der Waals surface area contributed by atoms with E-state index in [4.69, 9.17) is 18.0 Å². The molecule has 1 aromatic rings. The lowest BCUT2D eigenvalue weighted by Crippen LogP contribution is -2.52. The van der Waals surface area contributed by atoms with E-state index in [0.717, 1.165) is 0 Å². The Balaban J connectivity index is 2.81. The molecule has 1 amide bonds. The summed E-state index contributed by atoms with van der Waals surface area (Å²) in [6, 6.07) is 0. The van der Waals surface area contributed by atoms with E-state index < -0.39 is 5.54 Å². The SMILES string of the molecule is Cc1[nH]ncc1C(=O)NC(C)(C)C(N)=S. The molecule has 0 bridgehead atoms. The average Bonchev–Trinajstić information content (AvgIpc) is 2.50. The standard InChI is InChI=1S/C9H14N4OS/c1-5-6(4-11-13-5)7(14)12-9(2,3)8(10)15/h4H,1-3H3,(H2,10,15)(H,11,13)(H,12,14). The largest absolute Gasteiger partial charge is 0.391 e. The van der Waals surface area contributed by atoms with Gasteiger partial charge in [0.1, 0.15) is 0 Å². The van der Waals surface area contributed by atoms with Gasteiger partial charge in [-0.3, -0.25) is 9.89 Å². The van der Waals surface area contributed by atoms with Crippen molar-refractivity contribution < 1.29 is 4.79 Å². The van der Waals surface area contributed by atoms with Crippen LogP contribution >= 0.6 is 12.2 Å². The van der Waals surface area contributed by atoms with E-state index in [2.05, 4.69) is 15.5 Å². The minimum absolute atomic E-state index is 0.237. The fourth-order valence-corrected chi connectivity index (χ4v) is 1.04. The third kappa shape index (κ3) is 2.53. The summed E-state index contributed by atoms with van der Waals surface area (Å²) < 4.78 is 0. The highest BCUT2D eigenvalue weighted by atomic mass is 32.1. The minimum Gasteiger partial charge on any atom is -0.391 e. The Hall–Kier alpha value is -1.43. The molecule has 6 heteroatoms. The molecule has 1 rings (SSSR count). The second kappa shape index (κ2) is 3.98. The number of hydrogen-bond donors (Lipinski definition) is 3. The van der Waals surface area contributed by atoms with Gasteiger partial charge in [0, 0.05) is 5.69 Å². The molecule has 0 aliphatic heterocycles. The number of thiocarbonyl (C=S) groups is 1. The fourth-order valence-electron chi connectivity index (χ4n) is 0.992. The van der Waals surface area contributed by atoms with Crippen molar-refractivity contribution in [3.63, 3.8) is 0 Å². The van der Waals surface area contributed by atoms with Gasteiger partial charge in [0.25, 0.3) is 5.91 Å². The summed E-state index contributed by atoms with van der Waals surface area (Å²) in [6.07, 6.45) is 1.47. The molecule has 0 aliphatic rings. The van der Waals surface area contributed by atoms with Crippen molar-refractivity contribution in [2.24, 2.45) is 5.73 Å². The molecule has 0 spiro atoms. The highest BCUT2D eigenvalue weighted by Gasteiger charge is 2.25. The van der Waals surface area contributed by atoms with Gasteiger partial charge in [-0.05, 0) is 20.8 Å². The van der Waals surface area contributed by atoms with Gasteiger partial charge in [0.2, 0.25) is 0 Å². The maximum Gasteiger partial charge on any atom is 0.255 e. The highest BCUT2D eigenvalue weighted by molar-refractivity contribution is 7.80. The van der Waals surface area contributed by atoms with Gasteiger partial charge in [-0.2, -0.15) is 5.10 Å². The molecule has 82 valence electrons. The van der Waals surface area contributed by atoms with Gasteiger partial charge in [0.15, 0.2) is 0 Å². The van der Waals surface area contributed by atoms with Crippen LogP contribution < -0.4 is 11.1 Å². The van der Waals surface area contributed by atoms with Crippen LogP contribution in [0.1, 0.15) is 29.9 Å². The maximum absolute atomic E-state index is 11.8. The molecule has 0 fully saturated rings. The minimum atomic E-state index is -0.698. The number of nitrogens with zero attached hydrogens (tertiary/aromatic N) is 1. The molecule has 0 radical (unpaired) electrons. The Bertz CT molecular complexity index is 397. The smallest absolute Gasteiger partial charge is 0.255 e. The summed E-state index contributed by atoms with van der Waals surface area (Å²) in [7, 11) is 0. The van der Waals surface area contributed by atoms with Crippen molar-refractivity contribution >= 4 is 23.1 Å². The Morgan fingerprint density at radius 1 is 1.67 bits per heavy atom. The fraction of sp³-hybridized carbons (Fsp3) is 0.444. The van der Waals surface area contributed by atoms with Gasteiger partial charge < -0.3 is 11.1 Å². The first-order chi connectivity index (χ1) is 6.84. The number of carbonyl (C=O) groups excluding carboxylic acids is 1. The summed E-state index contributed by atoms with van der Waals surface area (Å²) in [4.78, 5) is 12.0. The number of amides is 1.